The minimum Gasteiger partial charge on any atom is -0.399 e. The fourth-order valence-corrected chi connectivity index (χ4v) is 5.42. The summed E-state index contributed by atoms with van der Waals surface area (Å²) in [5.74, 6) is -1.72. The van der Waals surface area contributed by atoms with Gasteiger partial charge in [0.2, 0.25) is 11.8 Å². The first-order valence-electron chi connectivity index (χ1n) is 13.0. The fraction of sp³-hybridized carbons (Fsp3) is 0.500. The van der Waals surface area contributed by atoms with E-state index in [1.54, 1.807) is 24.3 Å². The third-order valence-corrected chi connectivity index (χ3v) is 8.45. The summed E-state index contributed by atoms with van der Waals surface area (Å²) in [4.78, 5) is 25.5. The van der Waals surface area contributed by atoms with Gasteiger partial charge in [0, 0.05) is 25.0 Å². The first-order chi connectivity index (χ1) is 17.4. The summed E-state index contributed by atoms with van der Waals surface area (Å²) >= 11 is 0. The molecule has 1 atom stereocenters. The van der Waals surface area contributed by atoms with E-state index in [0.29, 0.717) is 36.2 Å². The van der Waals surface area contributed by atoms with E-state index in [1.165, 1.54) is 6.07 Å². The molecule has 3 aliphatic rings. The quantitative estimate of drug-likeness (QED) is 0.494. The molecule has 0 spiro atoms. The molecule has 2 amide bonds. The van der Waals surface area contributed by atoms with Gasteiger partial charge in [0.15, 0.2) is 0 Å². The Labute approximate surface area is 216 Å². The van der Waals surface area contributed by atoms with E-state index in [1.807, 2.05) is 38.7 Å². The first-order valence-corrected chi connectivity index (χ1v) is 13.0. The summed E-state index contributed by atoms with van der Waals surface area (Å²) in [5, 5.41) is 2.32. The predicted molar refractivity (Wildman–Crippen MR) is 138 cm³/mol. The predicted octanol–water partition coefficient (Wildman–Crippen LogP) is 4.17. The SMILES string of the molecule is CC1(C)OB(c2ccc(C3CCN(c4ccc(C5CCC(=O)NC5=O)cc4F)CC3)cc2F)OC1(C)C. The molecule has 9 heteroatoms. The normalized spacial score (nSPS) is 23.9. The van der Waals surface area contributed by atoms with Gasteiger partial charge in [-0.2, -0.15) is 0 Å². The lowest BCUT2D eigenvalue weighted by Gasteiger charge is -2.34. The smallest absolute Gasteiger partial charge is 0.399 e. The molecule has 0 saturated carbocycles. The molecule has 0 aromatic heterocycles. The largest absolute Gasteiger partial charge is 0.497 e. The molecule has 37 heavy (non-hydrogen) atoms. The minimum atomic E-state index is -0.744. The lowest BCUT2D eigenvalue weighted by atomic mass is 9.77. The van der Waals surface area contributed by atoms with Gasteiger partial charge in [-0.25, -0.2) is 8.78 Å². The first kappa shape index (κ1) is 25.9. The molecule has 0 aliphatic carbocycles. The minimum absolute atomic E-state index is 0.170. The molecule has 196 valence electrons. The van der Waals surface area contributed by atoms with Gasteiger partial charge in [0.25, 0.3) is 0 Å². The lowest BCUT2D eigenvalue weighted by Crippen LogP contribution is -2.41. The van der Waals surface area contributed by atoms with Crippen molar-refractivity contribution in [1.82, 2.24) is 5.32 Å². The highest BCUT2D eigenvalue weighted by molar-refractivity contribution is 6.62. The van der Waals surface area contributed by atoms with Crippen LogP contribution in [0.1, 0.15) is 76.3 Å². The van der Waals surface area contributed by atoms with Crippen LogP contribution in [0.3, 0.4) is 0 Å². The third kappa shape index (κ3) is 4.91. The second-order valence-corrected chi connectivity index (χ2v) is 11.3. The van der Waals surface area contributed by atoms with Gasteiger partial charge < -0.3 is 14.2 Å². The van der Waals surface area contributed by atoms with E-state index in [4.69, 9.17) is 9.31 Å². The Hall–Kier alpha value is -2.78. The zero-order valence-electron chi connectivity index (χ0n) is 21.8. The van der Waals surface area contributed by atoms with Gasteiger partial charge in [-0.15, -0.1) is 0 Å². The number of carbonyl (C=O) groups is 2. The molecule has 3 fully saturated rings. The van der Waals surface area contributed by atoms with Crippen molar-refractivity contribution >= 4 is 30.1 Å². The van der Waals surface area contributed by atoms with Crippen LogP contribution in [0.5, 0.6) is 0 Å². The topological polar surface area (TPSA) is 67.9 Å². The number of nitrogens with zero attached hydrogens (tertiary/aromatic N) is 1. The van der Waals surface area contributed by atoms with Gasteiger partial charge in [0.1, 0.15) is 11.6 Å². The number of nitrogens with one attached hydrogen (secondary N) is 1. The Morgan fingerprint density at radius 2 is 1.51 bits per heavy atom. The van der Waals surface area contributed by atoms with E-state index in [9.17, 15) is 9.59 Å². The molecular formula is C28H33BF2N2O4. The maximum Gasteiger partial charge on any atom is 0.497 e. The molecule has 2 aromatic rings. The van der Waals surface area contributed by atoms with Crippen molar-refractivity contribution in [2.24, 2.45) is 0 Å². The molecule has 3 aliphatic heterocycles. The van der Waals surface area contributed by atoms with Crippen molar-refractivity contribution in [2.45, 2.75) is 76.4 Å². The molecule has 3 saturated heterocycles. The zero-order chi connectivity index (χ0) is 26.5. The van der Waals surface area contributed by atoms with Gasteiger partial charge in [-0.1, -0.05) is 18.2 Å². The molecule has 0 bridgehead atoms. The van der Waals surface area contributed by atoms with E-state index in [2.05, 4.69) is 5.32 Å². The average molecular weight is 510 g/mol. The maximum absolute atomic E-state index is 15.1. The third-order valence-electron chi connectivity index (χ3n) is 8.45. The average Bonchev–Trinajstić information content (AvgIpc) is 3.05. The maximum atomic E-state index is 15.1. The Morgan fingerprint density at radius 1 is 0.892 bits per heavy atom. The Kier molecular flexibility index (Phi) is 6.65. The highest BCUT2D eigenvalue weighted by Crippen LogP contribution is 2.37. The standard InChI is InChI=1S/C28H33BF2N2O4/c1-27(2)28(3,4)37-29(36-27)21-8-5-18(15-22(21)30)17-11-13-33(14-12-17)24-9-6-19(16-23(24)31)20-7-10-25(34)32-26(20)35/h5-6,8-9,15-17,20H,7,10-14H2,1-4H3,(H,32,34,35). The molecule has 1 unspecified atom stereocenters. The van der Waals surface area contributed by atoms with Crippen molar-refractivity contribution < 1.29 is 27.7 Å². The number of imide groups is 1. The number of anilines is 1. The summed E-state index contributed by atoms with van der Waals surface area (Å²) in [6.07, 6.45) is 2.18. The van der Waals surface area contributed by atoms with E-state index >= 15 is 8.78 Å². The second kappa shape index (κ2) is 9.51. The van der Waals surface area contributed by atoms with E-state index < -0.39 is 24.2 Å². The summed E-state index contributed by atoms with van der Waals surface area (Å²) in [6, 6.07) is 10.2. The second-order valence-electron chi connectivity index (χ2n) is 11.3. The van der Waals surface area contributed by atoms with Crippen LogP contribution in [-0.2, 0) is 18.9 Å². The van der Waals surface area contributed by atoms with E-state index in [0.717, 1.165) is 18.4 Å². The number of hydrogen-bond acceptors (Lipinski definition) is 5. The number of piperidine rings is 2. The van der Waals surface area contributed by atoms with Crippen molar-refractivity contribution in [1.29, 1.82) is 0 Å². The van der Waals surface area contributed by atoms with Crippen molar-refractivity contribution in [2.75, 3.05) is 18.0 Å². The Morgan fingerprint density at radius 3 is 2.11 bits per heavy atom. The van der Waals surface area contributed by atoms with Gasteiger partial charge in [0.05, 0.1) is 22.8 Å². The number of carbonyl (C=O) groups excluding carboxylic acids is 2. The van der Waals surface area contributed by atoms with Crippen LogP contribution >= 0.6 is 0 Å². The van der Waals surface area contributed by atoms with Gasteiger partial charge in [-0.05, 0) is 82.2 Å². The molecular weight excluding hydrogens is 477 g/mol. The van der Waals surface area contributed by atoms with Crippen LogP contribution in [0, 0.1) is 11.6 Å². The number of amides is 2. The van der Waals surface area contributed by atoms with Gasteiger partial charge in [-0.3, -0.25) is 14.9 Å². The lowest BCUT2D eigenvalue weighted by molar-refractivity contribution is -0.134. The number of hydrogen-bond donors (Lipinski definition) is 1. The van der Waals surface area contributed by atoms with Crippen molar-refractivity contribution in [3.8, 4) is 0 Å². The Balaban J connectivity index is 1.23. The van der Waals surface area contributed by atoms with Crippen LogP contribution in [0.15, 0.2) is 36.4 Å². The molecule has 1 N–H and O–H groups in total. The Bertz CT molecular complexity index is 1210. The van der Waals surface area contributed by atoms with Crippen LogP contribution in [0.2, 0.25) is 0 Å². The highest BCUT2D eigenvalue weighted by Gasteiger charge is 2.52. The van der Waals surface area contributed by atoms with Crippen LogP contribution in [-0.4, -0.2) is 43.2 Å². The number of rotatable bonds is 4. The molecule has 6 nitrogen and oxygen atoms in total. The van der Waals surface area contributed by atoms with Crippen molar-refractivity contribution in [3.05, 3.63) is 59.2 Å². The number of benzene rings is 2. The van der Waals surface area contributed by atoms with Crippen LogP contribution < -0.4 is 15.7 Å². The monoisotopic (exact) mass is 510 g/mol. The molecule has 0 radical (unpaired) electrons. The van der Waals surface area contributed by atoms with Gasteiger partial charge >= 0.3 is 7.12 Å². The highest BCUT2D eigenvalue weighted by atomic mass is 19.1. The number of halogens is 2. The summed E-state index contributed by atoms with van der Waals surface area (Å²) < 4.78 is 42.2. The molecule has 2 aromatic carbocycles. The summed E-state index contributed by atoms with van der Waals surface area (Å²) in [6.45, 7) is 9.05. The van der Waals surface area contributed by atoms with Crippen LogP contribution in [0.25, 0.3) is 0 Å². The van der Waals surface area contributed by atoms with Crippen LogP contribution in [0.4, 0.5) is 14.5 Å². The summed E-state index contributed by atoms with van der Waals surface area (Å²) in [5.41, 5.74) is 1.33. The molecule has 3 heterocycles. The molecule has 5 rings (SSSR count). The van der Waals surface area contributed by atoms with Crippen molar-refractivity contribution in [3.63, 3.8) is 0 Å². The summed E-state index contributed by atoms with van der Waals surface area (Å²) in [7, 11) is -0.744. The fourth-order valence-electron chi connectivity index (χ4n) is 5.42. The van der Waals surface area contributed by atoms with E-state index in [-0.39, 0.29) is 35.8 Å². The zero-order valence-corrected chi connectivity index (χ0v) is 21.8.